The van der Waals surface area contributed by atoms with E-state index in [4.69, 9.17) is 14.2 Å². The van der Waals surface area contributed by atoms with Gasteiger partial charge < -0.3 is 19.3 Å². The molecule has 24 heavy (non-hydrogen) atoms. The molecular weight excluding hydrogens is 332 g/mol. The number of esters is 1. The van der Waals surface area contributed by atoms with Gasteiger partial charge in [0.2, 0.25) is 0 Å². The van der Waals surface area contributed by atoms with Crippen LogP contribution in [-0.4, -0.2) is 48.9 Å². The molecule has 1 N–H and O–H groups in total. The van der Waals surface area contributed by atoms with Gasteiger partial charge in [0.25, 0.3) is 0 Å². The molecule has 0 fully saturated rings. The van der Waals surface area contributed by atoms with Crippen molar-refractivity contribution in [3.8, 4) is 11.5 Å². The second kappa shape index (κ2) is 9.42. The molecule has 0 saturated heterocycles. The van der Waals surface area contributed by atoms with Crippen molar-refractivity contribution in [3.63, 3.8) is 0 Å². The zero-order valence-corrected chi connectivity index (χ0v) is 15.4. The second-order valence-electron chi connectivity index (χ2n) is 5.54. The van der Waals surface area contributed by atoms with Gasteiger partial charge in [-0.3, -0.25) is 9.59 Å². The largest absolute Gasteiger partial charge is 0.493 e. The SMILES string of the molecule is COC(=O)C(Cc1ccc(OC)c(OC)c1)SC(C(=O)O)C(C)C. The van der Waals surface area contributed by atoms with Crippen molar-refractivity contribution in [2.45, 2.75) is 30.8 Å². The van der Waals surface area contributed by atoms with Crippen molar-refractivity contribution in [2.24, 2.45) is 5.92 Å². The number of aliphatic carboxylic acids is 1. The summed E-state index contributed by atoms with van der Waals surface area (Å²) in [5.41, 5.74) is 0.837. The van der Waals surface area contributed by atoms with Crippen LogP contribution in [0.15, 0.2) is 18.2 Å². The fraction of sp³-hybridized carbons (Fsp3) is 0.529. The van der Waals surface area contributed by atoms with E-state index in [0.717, 1.165) is 17.3 Å². The molecule has 0 saturated carbocycles. The van der Waals surface area contributed by atoms with Crippen molar-refractivity contribution in [2.75, 3.05) is 21.3 Å². The maximum absolute atomic E-state index is 12.1. The van der Waals surface area contributed by atoms with E-state index in [1.807, 2.05) is 19.9 Å². The molecule has 2 atom stereocenters. The van der Waals surface area contributed by atoms with Crippen molar-refractivity contribution in [1.29, 1.82) is 0 Å². The fourth-order valence-electron chi connectivity index (χ4n) is 2.22. The first-order valence-electron chi connectivity index (χ1n) is 7.51. The molecule has 0 heterocycles. The smallest absolute Gasteiger partial charge is 0.319 e. The molecule has 1 aromatic rings. The van der Waals surface area contributed by atoms with Crippen molar-refractivity contribution < 1.29 is 28.9 Å². The highest BCUT2D eigenvalue weighted by Crippen LogP contribution is 2.31. The van der Waals surface area contributed by atoms with E-state index in [1.165, 1.54) is 14.2 Å². The van der Waals surface area contributed by atoms with E-state index in [0.29, 0.717) is 17.9 Å². The number of carbonyl (C=O) groups is 2. The van der Waals surface area contributed by atoms with Crippen LogP contribution >= 0.6 is 11.8 Å². The molecule has 0 amide bonds. The number of methoxy groups -OCH3 is 3. The predicted molar refractivity (Wildman–Crippen MR) is 92.9 cm³/mol. The summed E-state index contributed by atoms with van der Waals surface area (Å²) in [7, 11) is 4.38. The van der Waals surface area contributed by atoms with Crippen LogP contribution in [0.4, 0.5) is 0 Å². The number of carboxylic acid groups (broad SMARTS) is 1. The molecule has 1 aromatic carbocycles. The zero-order chi connectivity index (χ0) is 18.3. The molecule has 0 aliphatic carbocycles. The summed E-state index contributed by atoms with van der Waals surface area (Å²) < 4.78 is 15.3. The lowest BCUT2D eigenvalue weighted by atomic mass is 10.1. The normalized spacial score (nSPS) is 13.2. The van der Waals surface area contributed by atoms with Crippen LogP contribution in [0, 0.1) is 5.92 Å². The van der Waals surface area contributed by atoms with E-state index in [9.17, 15) is 14.7 Å². The Morgan fingerprint density at radius 2 is 1.75 bits per heavy atom. The molecule has 0 bridgehead atoms. The molecule has 2 unspecified atom stereocenters. The highest BCUT2D eigenvalue weighted by molar-refractivity contribution is 8.01. The highest BCUT2D eigenvalue weighted by atomic mass is 32.2. The Morgan fingerprint density at radius 3 is 2.21 bits per heavy atom. The van der Waals surface area contributed by atoms with E-state index < -0.39 is 22.4 Å². The Balaban J connectivity index is 3.02. The topological polar surface area (TPSA) is 82.1 Å². The zero-order valence-electron chi connectivity index (χ0n) is 14.6. The van der Waals surface area contributed by atoms with Crippen LogP contribution in [0.3, 0.4) is 0 Å². The van der Waals surface area contributed by atoms with Gasteiger partial charge in [-0.2, -0.15) is 0 Å². The van der Waals surface area contributed by atoms with Crippen molar-refractivity contribution in [1.82, 2.24) is 0 Å². The third kappa shape index (κ3) is 5.33. The number of carbonyl (C=O) groups excluding carboxylic acids is 1. The molecule has 1 rings (SSSR count). The average Bonchev–Trinajstić information content (AvgIpc) is 2.56. The van der Waals surface area contributed by atoms with Gasteiger partial charge in [0.05, 0.1) is 21.3 Å². The van der Waals surface area contributed by atoms with Gasteiger partial charge in [-0.05, 0) is 30.0 Å². The van der Waals surface area contributed by atoms with Crippen LogP contribution < -0.4 is 9.47 Å². The minimum atomic E-state index is -0.934. The number of thioether (sulfide) groups is 1. The quantitative estimate of drug-likeness (QED) is 0.681. The molecule has 0 aromatic heterocycles. The van der Waals surface area contributed by atoms with E-state index in [-0.39, 0.29) is 5.92 Å². The van der Waals surface area contributed by atoms with Crippen LogP contribution in [0.5, 0.6) is 11.5 Å². The first-order chi connectivity index (χ1) is 11.3. The van der Waals surface area contributed by atoms with Crippen LogP contribution in [0.25, 0.3) is 0 Å². The number of rotatable bonds is 9. The van der Waals surface area contributed by atoms with Gasteiger partial charge in [0, 0.05) is 0 Å². The van der Waals surface area contributed by atoms with Gasteiger partial charge in [-0.15, -0.1) is 11.8 Å². The molecule has 0 radical (unpaired) electrons. The van der Waals surface area contributed by atoms with E-state index >= 15 is 0 Å². The van der Waals surface area contributed by atoms with Crippen LogP contribution in [0.1, 0.15) is 19.4 Å². The van der Waals surface area contributed by atoms with Crippen molar-refractivity contribution >= 4 is 23.7 Å². The van der Waals surface area contributed by atoms with Gasteiger partial charge in [0.15, 0.2) is 11.5 Å². The Kier molecular flexibility index (Phi) is 7.91. The third-order valence-electron chi connectivity index (χ3n) is 3.49. The molecule has 0 aliphatic heterocycles. The predicted octanol–water partition coefficient (Wildman–Crippen LogP) is 2.63. The van der Waals surface area contributed by atoms with E-state index in [2.05, 4.69) is 0 Å². The van der Waals surface area contributed by atoms with Crippen LogP contribution in [-0.2, 0) is 20.7 Å². The maximum Gasteiger partial charge on any atom is 0.319 e. The van der Waals surface area contributed by atoms with Gasteiger partial charge >= 0.3 is 11.9 Å². The molecule has 134 valence electrons. The van der Waals surface area contributed by atoms with Gasteiger partial charge in [-0.1, -0.05) is 19.9 Å². The average molecular weight is 356 g/mol. The number of ether oxygens (including phenoxy) is 3. The monoisotopic (exact) mass is 356 g/mol. The van der Waals surface area contributed by atoms with Crippen LogP contribution in [0.2, 0.25) is 0 Å². The summed E-state index contributed by atoms with van der Waals surface area (Å²) >= 11 is 1.11. The standard InChI is InChI=1S/C17H24O6S/c1-10(2)15(16(18)19)24-14(17(20)23-5)9-11-6-7-12(21-3)13(8-11)22-4/h6-8,10,14-15H,9H2,1-5H3,(H,18,19). The minimum absolute atomic E-state index is 0.106. The van der Waals surface area contributed by atoms with Gasteiger partial charge in [0.1, 0.15) is 10.5 Å². The summed E-state index contributed by atoms with van der Waals surface area (Å²) in [6.45, 7) is 3.63. The van der Waals surface area contributed by atoms with E-state index in [1.54, 1.807) is 19.2 Å². The fourth-order valence-corrected chi connectivity index (χ4v) is 3.50. The summed E-state index contributed by atoms with van der Waals surface area (Å²) in [5.74, 6) is -0.334. The maximum atomic E-state index is 12.1. The number of hydrogen-bond acceptors (Lipinski definition) is 6. The lowest BCUT2D eigenvalue weighted by Gasteiger charge is -2.22. The Hall–Kier alpha value is -1.89. The first-order valence-corrected chi connectivity index (χ1v) is 8.45. The summed E-state index contributed by atoms with van der Waals surface area (Å²) in [5, 5.41) is 8.05. The van der Waals surface area contributed by atoms with Crippen molar-refractivity contribution in [3.05, 3.63) is 23.8 Å². The number of benzene rings is 1. The summed E-state index contributed by atoms with van der Waals surface area (Å²) in [6, 6.07) is 5.35. The molecular formula is C17H24O6S. The Bertz CT molecular complexity index is 572. The summed E-state index contributed by atoms with van der Waals surface area (Å²) in [4.78, 5) is 23.5. The molecule has 6 nitrogen and oxygen atoms in total. The Labute approximate surface area is 146 Å². The lowest BCUT2D eigenvalue weighted by molar-refractivity contribution is -0.139. The molecule has 7 heteroatoms. The number of carboxylic acids is 1. The first kappa shape index (κ1) is 20.2. The highest BCUT2D eigenvalue weighted by Gasteiger charge is 2.31. The lowest BCUT2D eigenvalue weighted by Crippen LogP contribution is -2.30. The van der Waals surface area contributed by atoms with Gasteiger partial charge in [-0.25, -0.2) is 0 Å². The Morgan fingerprint density at radius 1 is 1.12 bits per heavy atom. The third-order valence-corrected chi connectivity index (χ3v) is 5.22. The number of hydrogen-bond donors (Lipinski definition) is 1. The molecule has 0 aliphatic rings. The molecule has 0 spiro atoms. The second-order valence-corrected chi connectivity index (χ2v) is 6.89. The summed E-state index contributed by atoms with van der Waals surface area (Å²) in [6.07, 6.45) is 0.341. The minimum Gasteiger partial charge on any atom is -0.493 e.